The SMILES string of the molecule is CCCNC(=S)N1CCC2(CC1)NC(Cc1ccccc1)C(=O)N2C(C)CC. The molecule has 1 aromatic rings. The van der Waals surface area contributed by atoms with Gasteiger partial charge >= 0.3 is 0 Å². The lowest BCUT2D eigenvalue weighted by molar-refractivity contribution is -0.136. The summed E-state index contributed by atoms with van der Waals surface area (Å²) in [5, 5.41) is 7.94. The summed E-state index contributed by atoms with van der Waals surface area (Å²) in [7, 11) is 0. The molecule has 0 saturated carbocycles. The molecule has 0 radical (unpaired) electrons. The zero-order chi connectivity index (χ0) is 20.1. The molecule has 1 aromatic carbocycles. The molecule has 6 heteroatoms. The van der Waals surface area contributed by atoms with Gasteiger partial charge in [-0.15, -0.1) is 0 Å². The Morgan fingerprint density at radius 2 is 1.96 bits per heavy atom. The highest BCUT2D eigenvalue weighted by Crippen LogP contribution is 2.35. The standard InChI is InChI=1S/C22H34N4OS/c1-4-13-23-21(28)25-14-11-22(12-15-25)24-19(16-18-9-7-6-8-10-18)20(27)26(22)17(3)5-2/h6-10,17,19,24H,4-5,11-16H2,1-3H3,(H,23,28). The number of piperidine rings is 1. The minimum Gasteiger partial charge on any atom is -0.363 e. The van der Waals surface area contributed by atoms with E-state index < -0.39 is 0 Å². The van der Waals surface area contributed by atoms with Gasteiger partial charge in [-0.3, -0.25) is 10.1 Å². The maximum atomic E-state index is 13.4. The van der Waals surface area contributed by atoms with Crippen molar-refractivity contribution >= 4 is 23.2 Å². The number of benzene rings is 1. The fraction of sp³-hybridized carbons (Fsp3) is 0.636. The lowest BCUT2D eigenvalue weighted by Crippen LogP contribution is -2.62. The average molecular weight is 403 g/mol. The first-order valence-electron chi connectivity index (χ1n) is 10.7. The quantitative estimate of drug-likeness (QED) is 0.717. The van der Waals surface area contributed by atoms with Crippen LogP contribution in [0.4, 0.5) is 0 Å². The van der Waals surface area contributed by atoms with Crippen molar-refractivity contribution in [1.29, 1.82) is 0 Å². The monoisotopic (exact) mass is 402 g/mol. The molecular formula is C22H34N4OS. The smallest absolute Gasteiger partial charge is 0.241 e. The van der Waals surface area contributed by atoms with Gasteiger partial charge in [0.2, 0.25) is 5.91 Å². The van der Waals surface area contributed by atoms with E-state index in [-0.39, 0.29) is 23.7 Å². The van der Waals surface area contributed by atoms with E-state index in [0.29, 0.717) is 0 Å². The van der Waals surface area contributed by atoms with Crippen molar-refractivity contribution in [2.45, 2.75) is 70.6 Å². The predicted octanol–water partition coefficient (Wildman–Crippen LogP) is 2.90. The van der Waals surface area contributed by atoms with Crippen LogP contribution in [0.2, 0.25) is 0 Å². The Bertz CT molecular complexity index is 672. The van der Waals surface area contributed by atoms with Crippen molar-refractivity contribution in [3.63, 3.8) is 0 Å². The van der Waals surface area contributed by atoms with E-state index >= 15 is 0 Å². The fourth-order valence-corrected chi connectivity index (χ4v) is 4.74. The van der Waals surface area contributed by atoms with Crippen LogP contribution in [0.25, 0.3) is 0 Å². The molecule has 1 amide bonds. The van der Waals surface area contributed by atoms with E-state index in [1.54, 1.807) is 0 Å². The van der Waals surface area contributed by atoms with Gasteiger partial charge in [-0.25, -0.2) is 0 Å². The van der Waals surface area contributed by atoms with Gasteiger partial charge in [-0.2, -0.15) is 0 Å². The molecule has 2 atom stereocenters. The Morgan fingerprint density at radius 1 is 1.29 bits per heavy atom. The Kier molecular flexibility index (Phi) is 6.94. The first-order chi connectivity index (χ1) is 13.5. The van der Waals surface area contributed by atoms with Crippen molar-refractivity contribution in [1.82, 2.24) is 20.4 Å². The van der Waals surface area contributed by atoms with Crippen LogP contribution in [-0.4, -0.2) is 58.2 Å². The highest BCUT2D eigenvalue weighted by Gasteiger charge is 2.52. The minimum atomic E-state index is -0.247. The van der Waals surface area contributed by atoms with Crippen molar-refractivity contribution < 1.29 is 4.79 Å². The Morgan fingerprint density at radius 3 is 2.57 bits per heavy atom. The Balaban J connectivity index is 1.73. The molecule has 0 bridgehead atoms. The minimum absolute atomic E-state index is 0.145. The van der Waals surface area contributed by atoms with Gasteiger partial charge in [-0.1, -0.05) is 44.2 Å². The lowest BCUT2D eigenvalue weighted by atomic mass is 9.94. The topological polar surface area (TPSA) is 47.6 Å². The molecule has 5 nitrogen and oxygen atoms in total. The number of nitrogens with zero attached hydrogens (tertiary/aromatic N) is 2. The number of nitrogens with one attached hydrogen (secondary N) is 2. The molecule has 2 saturated heterocycles. The summed E-state index contributed by atoms with van der Waals surface area (Å²) in [6.07, 6.45) is 4.59. The highest BCUT2D eigenvalue weighted by atomic mass is 32.1. The van der Waals surface area contributed by atoms with Crippen LogP contribution in [0.1, 0.15) is 52.0 Å². The third-order valence-corrected chi connectivity index (χ3v) is 6.56. The predicted molar refractivity (Wildman–Crippen MR) is 118 cm³/mol. The number of rotatable bonds is 6. The van der Waals surface area contributed by atoms with E-state index in [1.165, 1.54) is 5.56 Å². The van der Waals surface area contributed by atoms with Gasteiger partial charge in [0.1, 0.15) is 0 Å². The number of carbonyl (C=O) groups excluding carboxylic acids is 1. The molecule has 2 fully saturated rings. The molecule has 0 aliphatic carbocycles. The van der Waals surface area contributed by atoms with Crippen molar-refractivity contribution in [3.05, 3.63) is 35.9 Å². The van der Waals surface area contributed by atoms with Gasteiger partial charge in [0.05, 0.1) is 11.7 Å². The summed E-state index contributed by atoms with van der Waals surface area (Å²) in [6.45, 7) is 9.14. The highest BCUT2D eigenvalue weighted by molar-refractivity contribution is 7.80. The molecule has 2 aliphatic heterocycles. The molecular weight excluding hydrogens is 368 g/mol. The second kappa shape index (κ2) is 9.23. The third-order valence-electron chi connectivity index (χ3n) is 6.16. The first kappa shape index (κ1) is 21.1. The van der Waals surface area contributed by atoms with E-state index in [2.05, 4.69) is 53.3 Å². The molecule has 2 N–H and O–H groups in total. The van der Waals surface area contributed by atoms with Gasteiger partial charge in [0.25, 0.3) is 0 Å². The summed E-state index contributed by atoms with van der Waals surface area (Å²) in [6, 6.07) is 10.4. The molecule has 2 unspecified atom stereocenters. The maximum absolute atomic E-state index is 13.4. The number of amides is 1. The number of carbonyl (C=O) groups is 1. The number of thiocarbonyl (C=S) groups is 1. The van der Waals surface area contributed by atoms with Crippen LogP contribution in [0.5, 0.6) is 0 Å². The van der Waals surface area contributed by atoms with Crippen LogP contribution in [-0.2, 0) is 11.2 Å². The van der Waals surface area contributed by atoms with Crippen molar-refractivity contribution in [3.8, 4) is 0 Å². The molecule has 1 spiro atoms. The van der Waals surface area contributed by atoms with E-state index in [4.69, 9.17) is 12.2 Å². The second-order valence-electron chi connectivity index (χ2n) is 8.10. The lowest BCUT2D eigenvalue weighted by Gasteiger charge is -2.47. The van der Waals surface area contributed by atoms with Crippen molar-refractivity contribution in [2.24, 2.45) is 0 Å². The van der Waals surface area contributed by atoms with Gasteiger partial charge in [-0.05, 0) is 44.0 Å². The fourth-order valence-electron chi connectivity index (χ4n) is 4.45. The van der Waals surface area contributed by atoms with Crippen molar-refractivity contribution in [2.75, 3.05) is 19.6 Å². The maximum Gasteiger partial charge on any atom is 0.241 e. The summed E-state index contributed by atoms with van der Waals surface area (Å²) < 4.78 is 0. The van der Waals surface area contributed by atoms with E-state index in [9.17, 15) is 4.79 Å². The third kappa shape index (κ3) is 4.33. The largest absolute Gasteiger partial charge is 0.363 e. The normalized spacial score (nSPS) is 22.5. The summed E-state index contributed by atoms with van der Waals surface area (Å²) in [5.41, 5.74) is 0.958. The van der Waals surface area contributed by atoms with Crippen LogP contribution in [0.15, 0.2) is 30.3 Å². The summed E-state index contributed by atoms with van der Waals surface area (Å²) in [4.78, 5) is 17.8. The zero-order valence-corrected chi connectivity index (χ0v) is 18.2. The summed E-state index contributed by atoms with van der Waals surface area (Å²) in [5.74, 6) is 0.248. The molecule has 28 heavy (non-hydrogen) atoms. The summed E-state index contributed by atoms with van der Waals surface area (Å²) >= 11 is 5.55. The van der Waals surface area contributed by atoms with E-state index in [1.807, 2.05) is 18.2 Å². The first-order valence-corrected chi connectivity index (χ1v) is 11.1. The van der Waals surface area contributed by atoms with Crippen LogP contribution in [0.3, 0.4) is 0 Å². The second-order valence-corrected chi connectivity index (χ2v) is 8.49. The molecule has 2 heterocycles. The molecule has 2 aliphatic rings. The molecule has 3 rings (SSSR count). The van der Waals surface area contributed by atoms with Gasteiger partial charge < -0.3 is 15.1 Å². The Hall–Kier alpha value is -1.66. The number of likely N-dealkylation sites (tertiary alicyclic amines) is 1. The molecule has 154 valence electrons. The zero-order valence-electron chi connectivity index (χ0n) is 17.4. The van der Waals surface area contributed by atoms with Crippen LogP contribution >= 0.6 is 12.2 Å². The average Bonchev–Trinajstić information content (AvgIpc) is 2.97. The van der Waals surface area contributed by atoms with Crippen LogP contribution in [0, 0.1) is 0 Å². The Labute approximate surface area is 174 Å². The van der Waals surface area contributed by atoms with Crippen LogP contribution < -0.4 is 10.6 Å². The van der Waals surface area contributed by atoms with Gasteiger partial charge in [0.15, 0.2) is 5.11 Å². The number of hydrogen-bond acceptors (Lipinski definition) is 3. The van der Waals surface area contributed by atoms with Gasteiger partial charge in [0, 0.05) is 38.5 Å². The molecule has 0 aromatic heterocycles. The van der Waals surface area contributed by atoms with E-state index in [0.717, 1.165) is 56.9 Å². The number of hydrogen-bond donors (Lipinski definition) is 2.